The van der Waals surface area contributed by atoms with Crippen molar-refractivity contribution in [2.24, 2.45) is 0 Å². The Kier molecular flexibility index (Phi) is 4.66. The maximum absolute atomic E-state index is 10.3. The molecule has 0 spiro atoms. The molecule has 0 unspecified atom stereocenters. The lowest BCUT2D eigenvalue weighted by Crippen LogP contribution is -1.96. The summed E-state index contributed by atoms with van der Waals surface area (Å²) in [6, 6.07) is 3.33. The third-order valence-electron chi connectivity index (χ3n) is 1.72. The van der Waals surface area contributed by atoms with Gasteiger partial charge in [-0.15, -0.1) is 0 Å². The Hall–Kier alpha value is -0.990. The molecule has 0 saturated heterocycles. The molecule has 0 fully saturated rings. The lowest BCUT2D eigenvalue weighted by atomic mass is 10.1. The van der Waals surface area contributed by atoms with E-state index in [2.05, 4.69) is 6.58 Å². The van der Waals surface area contributed by atoms with Gasteiger partial charge < -0.3 is 9.53 Å². The van der Waals surface area contributed by atoms with Crippen molar-refractivity contribution in [2.45, 2.75) is 6.42 Å². The highest BCUT2D eigenvalue weighted by atomic mass is 35.5. The van der Waals surface area contributed by atoms with Gasteiger partial charge in [0.2, 0.25) is 0 Å². The average Bonchev–Trinajstić information content (AvgIpc) is 2.17. The lowest BCUT2D eigenvalue weighted by Gasteiger charge is -2.09. The second-order valence-electron chi connectivity index (χ2n) is 2.86. The summed E-state index contributed by atoms with van der Waals surface area (Å²) in [5.41, 5.74) is 0.769. The standard InChI is InChI=1S/C11H10Cl2O2/c1-2-5-15-11-9(12)6-8(3-4-14)7-10(11)13/h2,4,6-7H,1,3,5H2. The average molecular weight is 245 g/mol. The van der Waals surface area contributed by atoms with Gasteiger partial charge in [0.1, 0.15) is 12.9 Å². The third kappa shape index (κ3) is 3.26. The van der Waals surface area contributed by atoms with Gasteiger partial charge in [-0.3, -0.25) is 0 Å². The van der Waals surface area contributed by atoms with Gasteiger partial charge in [0.15, 0.2) is 5.75 Å². The monoisotopic (exact) mass is 244 g/mol. The quantitative estimate of drug-likeness (QED) is 0.587. The van der Waals surface area contributed by atoms with Gasteiger partial charge in [0.05, 0.1) is 10.0 Å². The zero-order valence-corrected chi connectivity index (χ0v) is 9.52. The Balaban J connectivity index is 2.97. The van der Waals surface area contributed by atoms with Gasteiger partial charge in [0.25, 0.3) is 0 Å². The zero-order valence-electron chi connectivity index (χ0n) is 8.00. The molecule has 1 rings (SSSR count). The minimum Gasteiger partial charge on any atom is -0.486 e. The van der Waals surface area contributed by atoms with Crippen LogP contribution in [0.25, 0.3) is 0 Å². The van der Waals surface area contributed by atoms with Gasteiger partial charge in [-0.1, -0.05) is 35.9 Å². The number of hydrogen-bond donors (Lipinski definition) is 0. The number of halogens is 2. The molecule has 1 aromatic rings. The molecule has 0 radical (unpaired) electrons. The zero-order chi connectivity index (χ0) is 11.3. The van der Waals surface area contributed by atoms with Crippen LogP contribution < -0.4 is 4.74 Å². The summed E-state index contributed by atoms with van der Waals surface area (Å²) in [6.07, 6.45) is 2.69. The number of ether oxygens (including phenoxy) is 1. The molecule has 4 heteroatoms. The Morgan fingerprint density at radius 1 is 1.33 bits per heavy atom. The van der Waals surface area contributed by atoms with Crippen LogP contribution in [0.3, 0.4) is 0 Å². The summed E-state index contributed by atoms with van der Waals surface area (Å²) in [5.74, 6) is 0.424. The molecule has 15 heavy (non-hydrogen) atoms. The van der Waals surface area contributed by atoms with E-state index in [4.69, 9.17) is 27.9 Å². The third-order valence-corrected chi connectivity index (χ3v) is 2.28. The molecular weight excluding hydrogens is 235 g/mol. The van der Waals surface area contributed by atoms with Crippen molar-refractivity contribution in [3.8, 4) is 5.75 Å². The molecule has 0 atom stereocenters. The van der Waals surface area contributed by atoms with Gasteiger partial charge in [-0.05, 0) is 17.7 Å². The van der Waals surface area contributed by atoms with Gasteiger partial charge in [-0.25, -0.2) is 0 Å². The van der Waals surface area contributed by atoms with Crippen LogP contribution in [0.2, 0.25) is 10.0 Å². The van der Waals surface area contributed by atoms with E-state index in [9.17, 15) is 4.79 Å². The first kappa shape index (κ1) is 12.1. The van der Waals surface area contributed by atoms with Gasteiger partial charge in [0, 0.05) is 6.42 Å². The van der Waals surface area contributed by atoms with E-state index in [0.29, 0.717) is 28.8 Å². The second kappa shape index (κ2) is 5.79. The number of rotatable bonds is 5. The van der Waals surface area contributed by atoms with Crippen LogP contribution in [0.15, 0.2) is 24.8 Å². The van der Waals surface area contributed by atoms with Crippen LogP contribution in [0.5, 0.6) is 5.75 Å². The number of carbonyl (C=O) groups excluding carboxylic acids is 1. The molecule has 0 aliphatic rings. The maximum atomic E-state index is 10.3. The first-order chi connectivity index (χ1) is 7.19. The molecule has 80 valence electrons. The molecule has 0 aliphatic carbocycles. The molecular formula is C11H10Cl2O2. The van der Waals surface area contributed by atoms with Crippen molar-refractivity contribution in [2.75, 3.05) is 6.61 Å². The van der Waals surface area contributed by atoms with Crippen LogP contribution >= 0.6 is 23.2 Å². The van der Waals surface area contributed by atoms with E-state index in [1.165, 1.54) is 0 Å². The lowest BCUT2D eigenvalue weighted by molar-refractivity contribution is -0.107. The smallest absolute Gasteiger partial charge is 0.156 e. The number of carbonyl (C=O) groups is 1. The van der Waals surface area contributed by atoms with E-state index in [-0.39, 0.29) is 0 Å². The fourth-order valence-electron chi connectivity index (χ4n) is 1.11. The maximum Gasteiger partial charge on any atom is 0.156 e. The highest BCUT2D eigenvalue weighted by Gasteiger charge is 2.08. The number of aldehydes is 1. The molecule has 0 aromatic heterocycles. The molecule has 0 bridgehead atoms. The highest BCUT2D eigenvalue weighted by molar-refractivity contribution is 6.37. The van der Waals surface area contributed by atoms with Crippen molar-refractivity contribution < 1.29 is 9.53 Å². The predicted molar refractivity (Wildman–Crippen MR) is 61.9 cm³/mol. The largest absolute Gasteiger partial charge is 0.486 e. The van der Waals surface area contributed by atoms with Crippen LogP contribution in [-0.2, 0) is 11.2 Å². The molecule has 1 aromatic carbocycles. The van der Waals surface area contributed by atoms with Crippen molar-refractivity contribution in [3.63, 3.8) is 0 Å². The van der Waals surface area contributed by atoms with Crippen LogP contribution in [0.4, 0.5) is 0 Å². The topological polar surface area (TPSA) is 26.3 Å². The molecule has 0 saturated carbocycles. The molecule has 0 aliphatic heterocycles. The normalized spacial score (nSPS) is 9.73. The van der Waals surface area contributed by atoms with Crippen molar-refractivity contribution >= 4 is 29.5 Å². The Labute approximate surface area is 98.4 Å². The number of hydrogen-bond acceptors (Lipinski definition) is 2. The Bertz CT molecular complexity index is 352. The summed E-state index contributed by atoms with van der Waals surface area (Å²) in [7, 11) is 0. The van der Waals surface area contributed by atoms with Crippen molar-refractivity contribution in [1.29, 1.82) is 0 Å². The fraction of sp³-hybridized carbons (Fsp3) is 0.182. The predicted octanol–water partition coefficient (Wildman–Crippen LogP) is 3.30. The SMILES string of the molecule is C=CCOc1c(Cl)cc(CC=O)cc1Cl. The minimum absolute atomic E-state index is 0.293. The summed E-state index contributed by atoms with van der Waals surface area (Å²) < 4.78 is 5.28. The highest BCUT2D eigenvalue weighted by Crippen LogP contribution is 2.34. The second-order valence-corrected chi connectivity index (χ2v) is 3.67. The molecule has 0 amide bonds. The molecule has 0 heterocycles. The van der Waals surface area contributed by atoms with Crippen molar-refractivity contribution in [1.82, 2.24) is 0 Å². The van der Waals surface area contributed by atoms with Crippen LogP contribution in [-0.4, -0.2) is 12.9 Å². The summed E-state index contributed by atoms with van der Waals surface area (Å²) in [6.45, 7) is 3.86. The van der Waals surface area contributed by atoms with E-state index in [1.807, 2.05) is 0 Å². The van der Waals surface area contributed by atoms with Crippen LogP contribution in [0, 0.1) is 0 Å². The van der Waals surface area contributed by atoms with E-state index in [0.717, 1.165) is 11.8 Å². The molecule has 0 N–H and O–H groups in total. The van der Waals surface area contributed by atoms with Crippen LogP contribution in [0.1, 0.15) is 5.56 Å². The van der Waals surface area contributed by atoms with Gasteiger partial charge >= 0.3 is 0 Å². The minimum atomic E-state index is 0.293. The van der Waals surface area contributed by atoms with Gasteiger partial charge in [-0.2, -0.15) is 0 Å². The summed E-state index contributed by atoms with van der Waals surface area (Å²) >= 11 is 11.9. The first-order valence-electron chi connectivity index (χ1n) is 4.34. The van der Waals surface area contributed by atoms with Crippen molar-refractivity contribution in [3.05, 3.63) is 40.4 Å². The first-order valence-corrected chi connectivity index (χ1v) is 5.10. The molecule has 2 nitrogen and oxygen atoms in total. The fourth-order valence-corrected chi connectivity index (χ4v) is 1.75. The number of benzene rings is 1. The summed E-state index contributed by atoms with van der Waals surface area (Å²) in [4.78, 5) is 10.3. The summed E-state index contributed by atoms with van der Waals surface area (Å²) in [5, 5.41) is 0.808. The van der Waals surface area contributed by atoms with E-state index < -0.39 is 0 Å². The van der Waals surface area contributed by atoms with E-state index >= 15 is 0 Å². The van der Waals surface area contributed by atoms with E-state index in [1.54, 1.807) is 18.2 Å². The Morgan fingerprint density at radius 2 is 1.93 bits per heavy atom. The Morgan fingerprint density at radius 3 is 2.40 bits per heavy atom.